The van der Waals surface area contributed by atoms with Crippen LogP contribution in [0.1, 0.15) is 13.3 Å². The Morgan fingerprint density at radius 1 is 1.71 bits per heavy atom. The zero-order chi connectivity index (χ0) is 10.1. The lowest BCUT2D eigenvalue weighted by atomic mass is 10.3. The normalized spacial score (nSPS) is 22.0. The molecule has 1 aliphatic heterocycles. The Morgan fingerprint density at radius 2 is 2.50 bits per heavy atom. The monoisotopic (exact) mass is 194 g/mol. The number of rotatable bonds is 2. The second-order valence-electron chi connectivity index (χ2n) is 3.52. The molecular formula is C9H14N4O. The van der Waals surface area contributed by atoms with Crippen LogP contribution in [-0.2, 0) is 11.3 Å². The summed E-state index contributed by atoms with van der Waals surface area (Å²) in [6.45, 7) is 3.43. The van der Waals surface area contributed by atoms with Crippen LogP contribution in [0.5, 0.6) is 0 Å². The van der Waals surface area contributed by atoms with E-state index in [4.69, 9.17) is 5.73 Å². The minimum atomic E-state index is -0.0347. The fourth-order valence-electron chi connectivity index (χ4n) is 1.65. The zero-order valence-corrected chi connectivity index (χ0v) is 8.18. The van der Waals surface area contributed by atoms with Crippen molar-refractivity contribution in [1.82, 2.24) is 9.78 Å². The van der Waals surface area contributed by atoms with Crippen molar-refractivity contribution in [3.8, 4) is 0 Å². The molecule has 0 aromatic carbocycles. The number of amides is 1. The highest BCUT2D eigenvalue weighted by Gasteiger charge is 2.28. The van der Waals surface area contributed by atoms with Crippen molar-refractivity contribution in [2.24, 2.45) is 5.73 Å². The molecule has 0 saturated carbocycles. The number of aromatic nitrogens is 2. The van der Waals surface area contributed by atoms with Crippen molar-refractivity contribution < 1.29 is 4.79 Å². The van der Waals surface area contributed by atoms with Gasteiger partial charge in [-0.15, -0.1) is 0 Å². The molecule has 1 amide bonds. The van der Waals surface area contributed by atoms with E-state index in [2.05, 4.69) is 5.10 Å². The van der Waals surface area contributed by atoms with Gasteiger partial charge in [0.25, 0.3) is 0 Å². The maximum absolute atomic E-state index is 11.5. The minimum Gasteiger partial charge on any atom is -0.326 e. The highest BCUT2D eigenvalue weighted by atomic mass is 16.2. The van der Waals surface area contributed by atoms with Crippen molar-refractivity contribution in [1.29, 1.82) is 0 Å². The van der Waals surface area contributed by atoms with Gasteiger partial charge < -0.3 is 10.6 Å². The summed E-state index contributed by atoms with van der Waals surface area (Å²) in [5.41, 5.74) is 6.55. The highest BCUT2D eigenvalue weighted by Crippen LogP contribution is 2.19. The first-order chi connectivity index (χ1) is 6.70. The molecule has 0 aliphatic carbocycles. The van der Waals surface area contributed by atoms with Gasteiger partial charge in [0.1, 0.15) is 0 Å². The Labute approximate surface area is 82.5 Å². The van der Waals surface area contributed by atoms with Crippen molar-refractivity contribution in [2.45, 2.75) is 25.9 Å². The SMILES string of the molecule is CCn1cc(N2CC(N)CC2=O)cn1. The molecule has 1 aliphatic rings. The first kappa shape index (κ1) is 9.21. The van der Waals surface area contributed by atoms with Gasteiger partial charge in [-0.05, 0) is 6.92 Å². The van der Waals surface area contributed by atoms with Gasteiger partial charge in [-0.1, -0.05) is 0 Å². The van der Waals surface area contributed by atoms with Gasteiger partial charge in [0.05, 0.1) is 11.9 Å². The molecule has 0 radical (unpaired) electrons. The molecule has 0 spiro atoms. The summed E-state index contributed by atoms with van der Waals surface area (Å²) >= 11 is 0. The quantitative estimate of drug-likeness (QED) is 0.719. The van der Waals surface area contributed by atoms with Gasteiger partial charge >= 0.3 is 0 Å². The minimum absolute atomic E-state index is 0.0347. The van der Waals surface area contributed by atoms with E-state index in [9.17, 15) is 4.79 Å². The third-order valence-corrected chi connectivity index (χ3v) is 2.41. The Bertz CT molecular complexity index is 346. The average molecular weight is 194 g/mol. The van der Waals surface area contributed by atoms with E-state index in [1.807, 2.05) is 13.1 Å². The molecule has 2 heterocycles. The molecule has 2 rings (SSSR count). The largest absolute Gasteiger partial charge is 0.326 e. The van der Waals surface area contributed by atoms with E-state index >= 15 is 0 Å². The third-order valence-electron chi connectivity index (χ3n) is 2.41. The van der Waals surface area contributed by atoms with Crippen LogP contribution >= 0.6 is 0 Å². The smallest absolute Gasteiger partial charge is 0.228 e. The molecule has 14 heavy (non-hydrogen) atoms. The number of nitrogens with two attached hydrogens (primary N) is 1. The third kappa shape index (κ3) is 1.50. The summed E-state index contributed by atoms with van der Waals surface area (Å²) in [5.74, 6) is 0.0909. The van der Waals surface area contributed by atoms with Crippen molar-refractivity contribution in [3.63, 3.8) is 0 Å². The van der Waals surface area contributed by atoms with Crippen LogP contribution in [0.25, 0.3) is 0 Å². The van der Waals surface area contributed by atoms with Gasteiger partial charge in [0.15, 0.2) is 0 Å². The molecular weight excluding hydrogens is 180 g/mol. The molecule has 76 valence electrons. The van der Waals surface area contributed by atoms with Crippen LogP contribution in [0.4, 0.5) is 5.69 Å². The van der Waals surface area contributed by atoms with E-state index in [0.29, 0.717) is 13.0 Å². The van der Waals surface area contributed by atoms with Gasteiger partial charge in [-0.3, -0.25) is 9.48 Å². The van der Waals surface area contributed by atoms with Gasteiger partial charge in [-0.2, -0.15) is 5.10 Å². The standard InChI is InChI=1S/C9H14N4O/c1-2-12-6-8(4-11-12)13-5-7(10)3-9(13)14/h4,6-7H,2-3,5,10H2,1H3. The lowest BCUT2D eigenvalue weighted by Crippen LogP contribution is -2.27. The maximum Gasteiger partial charge on any atom is 0.228 e. The van der Waals surface area contributed by atoms with E-state index in [-0.39, 0.29) is 11.9 Å². The van der Waals surface area contributed by atoms with E-state index in [1.165, 1.54) is 0 Å². The summed E-state index contributed by atoms with van der Waals surface area (Å²) in [7, 11) is 0. The van der Waals surface area contributed by atoms with E-state index in [1.54, 1.807) is 15.8 Å². The van der Waals surface area contributed by atoms with Gasteiger partial charge in [0.2, 0.25) is 5.91 Å². The topological polar surface area (TPSA) is 64.2 Å². The fraction of sp³-hybridized carbons (Fsp3) is 0.556. The first-order valence-electron chi connectivity index (χ1n) is 4.79. The van der Waals surface area contributed by atoms with Crippen LogP contribution in [0.2, 0.25) is 0 Å². The summed E-state index contributed by atoms with van der Waals surface area (Å²) in [6.07, 6.45) is 4.02. The Hall–Kier alpha value is -1.36. The Morgan fingerprint density at radius 3 is 3.00 bits per heavy atom. The van der Waals surface area contributed by atoms with Crippen molar-refractivity contribution >= 4 is 11.6 Å². The van der Waals surface area contributed by atoms with Crippen LogP contribution in [-0.4, -0.2) is 28.3 Å². The number of hydrogen-bond donors (Lipinski definition) is 1. The zero-order valence-electron chi connectivity index (χ0n) is 8.18. The number of carbonyl (C=O) groups excluding carboxylic acids is 1. The predicted octanol–water partition coefficient (Wildman–Crippen LogP) is -0.0330. The molecule has 5 nitrogen and oxygen atoms in total. The molecule has 1 aromatic heterocycles. The van der Waals surface area contributed by atoms with Crippen LogP contribution in [0.3, 0.4) is 0 Å². The molecule has 1 fully saturated rings. The molecule has 0 bridgehead atoms. The van der Waals surface area contributed by atoms with Crippen molar-refractivity contribution in [2.75, 3.05) is 11.4 Å². The van der Waals surface area contributed by atoms with E-state index < -0.39 is 0 Å². The predicted molar refractivity (Wildman–Crippen MR) is 52.8 cm³/mol. The van der Waals surface area contributed by atoms with Crippen LogP contribution < -0.4 is 10.6 Å². The van der Waals surface area contributed by atoms with E-state index in [0.717, 1.165) is 12.2 Å². The number of nitrogens with zero attached hydrogens (tertiary/aromatic N) is 3. The summed E-state index contributed by atoms with van der Waals surface area (Å²) in [6, 6.07) is -0.0347. The maximum atomic E-state index is 11.5. The second kappa shape index (κ2) is 3.42. The number of carbonyl (C=O) groups is 1. The van der Waals surface area contributed by atoms with Gasteiger partial charge in [0, 0.05) is 31.7 Å². The fourth-order valence-corrected chi connectivity index (χ4v) is 1.65. The van der Waals surface area contributed by atoms with Gasteiger partial charge in [-0.25, -0.2) is 0 Å². The Kier molecular flexibility index (Phi) is 2.25. The number of hydrogen-bond acceptors (Lipinski definition) is 3. The van der Waals surface area contributed by atoms with Crippen molar-refractivity contribution in [3.05, 3.63) is 12.4 Å². The number of anilines is 1. The number of aryl methyl sites for hydroxylation is 1. The summed E-state index contributed by atoms with van der Waals surface area (Å²) in [5, 5.41) is 4.12. The molecule has 1 unspecified atom stereocenters. The molecule has 2 N–H and O–H groups in total. The highest BCUT2D eigenvalue weighted by molar-refractivity contribution is 5.95. The Balaban J connectivity index is 2.18. The second-order valence-corrected chi connectivity index (χ2v) is 3.52. The molecule has 5 heteroatoms. The summed E-state index contributed by atoms with van der Waals surface area (Å²) < 4.78 is 1.80. The molecule has 1 aromatic rings. The van der Waals surface area contributed by atoms with Crippen LogP contribution in [0.15, 0.2) is 12.4 Å². The van der Waals surface area contributed by atoms with Crippen LogP contribution in [0, 0.1) is 0 Å². The molecule has 1 atom stereocenters. The average Bonchev–Trinajstić information content (AvgIpc) is 2.71. The lowest BCUT2D eigenvalue weighted by Gasteiger charge is -2.12. The first-order valence-corrected chi connectivity index (χ1v) is 4.79. The molecule has 1 saturated heterocycles. The summed E-state index contributed by atoms with van der Waals surface area (Å²) in [4.78, 5) is 13.2. The lowest BCUT2D eigenvalue weighted by molar-refractivity contribution is -0.117.